The van der Waals surface area contributed by atoms with Crippen LogP contribution >= 0.6 is 11.3 Å². The minimum absolute atomic E-state index is 0.120. The van der Waals surface area contributed by atoms with Gasteiger partial charge in [-0.05, 0) is 12.5 Å². The van der Waals surface area contributed by atoms with Crippen LogP contribution in [0.5, 0.6) is 0 Å². The first-order valence-electron chi connectivity index (χ1n) is 4.48. The van der Waals surface area contributed by atoms with E-state index in [1.165, 1.54) is 6.20 Å². The van der Waals surface area contributed by atoms with Crippen molar-refractivity contribution in [1.29, 1.82) is 0 Å². The number of nitrogens with zero attached hydrogens (tertiary/aromatic N) is 1. The summed E-state index contributed by atoms with van der Waals surface area (Å²) in [5, 5.41) is -0.120. The summed E-state index contributed by atoms with van der Waals surface area (Å²) in [5.41, 5.74) is 2.09. The second kappa shape index (κ2) is 4.06. The number of hydrogen-bond acceptors (Lipinski definition) is 2. The fourth-order valence-electron chi connectivity index (χ4n) is 1.24. The number of rotatable bonds is 2. The second-order valence-corrected chi connectivity index (χ2v) is 4.29. The summed E-state index contributed by atoms with van der Waals surface area (Å²) in [4.78, 5) is 4.47. The van der Waals surface area contributed by atoms with Gasteiger partial charge >= 0.3 is 0 Å². The Morgan fingerprint density at radius 1 is 1.20 bits per heavy atom. The Morgan fingerprint density at radius 3 is 2.40 bits per heavy atom. The highest BCUT2D eigenvalue weighted by Gasteiger charge is 2.12. The Bertz CT molecular complexity index is 448. The van der Waals surface area contributed by atoms with Crippen molar-refractivity contribution in [2.24, 2.45) is 0 Å². The van der Waals surface area contributed by atoms with Crippen LogP contribution < -0.4 is 0 Å². The smallest absolute Gasteiger partial charge is 0.243 e. The first-order chi connectivity index (χ1) is 7.16. The summed E-state index contributed by atoms with van der Waals surface area (Å²) in [6, 6.07) is 7.74. The third-order valence-electron chi connectivity index (χ3n) is 2.05. The average molecular weight is 225 g/mol. The van der Waals surface area contributed by atoms with Crippen molar-refractivity contribution in [3.63, 3.8) is 0 Å². The molecule has 1 aromatic heterocycles. The zero-order valence-corrected chi connectivity index (χ0v) is 8.89. The zero-order valence-electron chi connectivity index (χ0n) is 8.08. The van der Waals surface area contributed by atoms with Crippen molar-refractivity contribution in [3.05, 3.63) is 41.0 Å². The third kappa shape index (κ3) is 2.21. The monoisotopic (exact) mass is 225 g/mol. The molecule has 0 atom stereocenters. The Morgan fingerprint density at radius 2 is 1.87 bits per heavy atom. The molecule has 0 aliphatic carbocycles. The van der Waals surface area contributed by atoms with Crippen LogP contribution in [-0.2, 0) is 0 Å². The summed E-state index contributed by atoms with van der Waals surface area (Å²) in [5.74, 6) is 0. The van der Waals surface area contributed by atoms with Crippen LogP contribution in [0, 0.1) is 6.92 Å². The van der Waals surface area contributed by atoms with E-state index in [1.54, 1.807) is 0 Å². The van der Waals surface area contributed by atoms with Crippen molar-refractivity contribution < 1.29 is 8.78 Å². The minimum Gasteiger partial charge on any atom is -0.243 e. The van der Waals surface area contributed by atoms with Crippen molar-refractivity contribution in [2.75, 3.05) is 0 Å². The number of halogens is 2. The summed E-state index contributed by atoms with van der Waals surface area (Å²) in [6.45, 7) is 1.99. The van der Waals surface area contributed by atoms with Crippen LogP contribution in [0.15, 0.2) is 30.5 Å². The molecule has 15 heavy (non-hydrogen) atoms. The lowest BCUT2D eigenvalue weighted by Gasteiger charge is -1.96. The number of hydrogen-bond donors (Lipinski definition) is 0. The van der Waals surface area contributed by atoms with E-state index < -0.39 is 6.43 Å². The molecule has 0 aliphatic heterocycles. The van der Waals surface area contributed by atoms with Gasteiger partial charge in [-0.2, -0.15) is 0 Å². The van der Waals surface area contributed by atoms with E-state index in [0.717, 1.165) is 27.3 Å². The summed E-state index contributed by atoms with van der Waals surface area (Å²) in [7, 11) is 0. The summed E-state index contributed by atoms with van der Waals surface area (Å²) >= 11 is 1.04. The van der Waals surface area contributed by atoms with Gasteiger partial charge in [-0.1, -0.05) is 29.8 Å². The van der Waals surface area contributed by atoms with Gasteiger partial charge in [-0.3, -0.25) is 0 Å². The van der Waals surface area contributed by atoms with Gasteiger partial charge in [0.15, 0.2) is 5.01 Å². The predicted octanol–water partition coefficient (Wildman–Crippen LogP) is 4.06. The van der Waals surface area contributed by atoms with E-state index in [1.807, 2.05) is 31.2 Å². The highest BCUT2D eigenvalue weighted by molar-refractivity contribution is 7.15. The molecule has 0 spiro atoms. The van der Waals surface area contributed by atoms with Gasteiger partial charge in [-0.15, -0.1) is 11.3 Å². The minimum atomic E-state index is -2.48. The highest BCUT2D eigenvalue weighted by Crippen LogP contribution is 2.31. The topological polar surface area (TPSA) is 12.9 Å². The number of thiazole rings is 1. The van der Waals surface area contributed by atoms with E-state index in [4.69, 9.17) is 0 Å². The molecule has 0 N–H and O–H groups in total. The van der Waals surface area contributed by atoms with Gasteiger partial charge in [0.2, 0.25) is 0 Å². The molecule has 1 aromatic carbocycles. The van der Waals surface area contributed by atoms with E-state index in [-0.39, 0.29) is 5.01 Å². The van der Waals surface area contributed by atoms with Gasteiger partial charge in [0, 0.05) is 6.20 Å². The lowest BCUT2D eigenvalue weighted by atomic mass is 10.1. The van der Waals surface area contributed by atoms with E-state index in [9.17, 15) is 8.78 Å². The molecular formula is C11H9F2NS. The first-order valence-corrected chi connectivity index (χ1v) is 5.29. The maximum absolute atomic E-state index is 12.3. The quantitative estimate of drug-likeness (QED) is 0.751. The van der Waals surface area contributed by atoms with E-state index >= 15 is 0 Å². The standard InChI is InChI=1S/C11H9F2NS/c1-7-2-4-8(5-3-7)9-6-14-11(15-9)10(12)13/h2-6,10H,1H3. The van der Waals surface area contributed by atoms with Crippen LogP contribution in [0.25, 0.3) is 10.4 Å². The predicted molar refractivity (Wildman–Crippen MR) is 57.2 cm³/mol. The van der Waals surface area contributed by atoms with Crippen LogP contribution in [0.3, 0.4) is 0 Å². The SMILES string of the molecule is Cc1ccc(-c2cnc(C(F)F)s2)cc1. The normalized spacial score (nSPS) is 10.9. The number of benzene rings is 1. The summed E-state index contributed by atoms with van der Waals surface area (Å²) in [6.07, 6.45) is -0.981. The van der Waals surface area contributed by atoms with Crippen molar-refractivity contribution in [3.8, 4) is 10.4 Å². The number of aromatic nitrogens is 1. The Balaban J connectivity index is 2.33. The van der Waals surface area contributed by atoms with Gasteiger partial charge in [0.25, 0.3) is 6.43 Å². The van der Waals surface area contributed by atoms with Gasteiger partial charge in [0.1, 0.15) is 0 Å². The zero-order chi connectivity index (χ0) is 10.8. The molecule has 0 fully saturated rings. The maximum atomic E-state index is 12.3. The van der Waals surface area contributed by atoms with Gasteiger partial charge in [0.05, 0.1) is 4.88 Å². The van der Waals surface area contributed by atoms with Crippen molar-refractivity contribution in [1.82, 2.24) is 4.98 Å². The lowest BCUT2D eigenvalue weighted by Crippen LogP contribution is -1.77. The molecule has 2 rings (SSSR count). The van der Waals surface area contributed by atoms with Crippen LogP contribution in [0.4, 0.5) is 8.78 Å². The average Bonchev–Trinajstić information content (AvgIpc) is 2.68. The summed E-state index contributed by atoms with van der Waals surface area (Å²) < 4.78 is 24.6. The maximum Gasteiger partial charge on any atom is 0.289 e. The molecule has 0 saturated heterocycles. The van der Waals surface area contributed by atoms with E-state index in [0.29, 0.717) is 0 Å². The molecule has 0 bridgehead atoms. The van der Waals surface area contributed by atoms with Crippen molar-refractivity contribution in [2.45, 2.75) is 13.3 Å². The molecule has 1 heterocycles. The molecule has 0 unspecified atom stereocenters. The number of alkyl halides is 2. The molecule has 4 heteroatoms. The van der Waals surface area contributed by atoms with Gasteiger partial charge in [-0.25, -0.2) is 13.8 Å². The Labute approximate surface area is 90.4 Å². The Kier molecular flexibility index (Phi) is 2.77. The molecule has 0 saturated carbocycles. The van der Waals surface area contributed by atoms with Gasteiger partial charge < -0.3 is 0 Å². The number of aryl methyl sites for hydroxylation is 1. The lowest BCUT2D eigenvalue weighted by molar-refractivity contribution is 0.151. The Hall–Kier alpha value is -1.29. The van der Waals surface area contributed by atoms with Crippen LogP contribution in [0.2, 0.25) is 0 Å². The highest BCUT2D eigenvalue weighted by atomic mass is 32.1. The molecule has 0 amide bonds. The van der Waals surface area contributed by atoms with Crippen molar-refractivity contribution >= 4 is 11.3 Å². The third-order valence-corrected chi connectivity index (χ3v) is 3.10. The molecule has 78 valence electrons. The first kappa shape index (κ1) is 10.2. The van der Waals surface area contributed by atoms with E-state index in [2.05, 4.69) is 4.98 Å². The van der Waals surface area contributed by atoms with Crippen LogP contribution in [-0.4, -0.2) is 4.98 Å². The fourth-order valence-corrected chi connectivity index (χ4v) is 2.02. The van der Waals surface area contributed by atoms with Crippen LogP contribution in [0.1, 0.15) is 17.0 Å². The molecule has 1 nitrogen and oxygen atoms in total. The molecule has 2 aromatic rings. The molecule has 0 aliphatic rings. The molecular weight excluding hydrogens is 216 g/mol. The largest absolute Gasteiger partial charge is 0.289 e. The second-order valence-electron chi connectivity index (χ2n) is 3.23. The fraction of sp³-hybridized carbons (Fsp3) is 0.182. The molecule has 0 radical (unpaired) electrons.